The molecular weight excluding hydrogens is 699 g/mol. The Kier molecular flexibility index (Phi) is 6.07. The lowest BCUT2D eigenvalue weighted by Crippen LogP contribution is -2.00. The van der Waals surface area contributed by atoms with E-state index in [4.69, 9.17) is 19.4 Å². The highest BCUT2D eigenvalue weighted by atomic mass is 16.3. The topological polar surface area (TPSA) is 61.2 Å². The van der Waals surface area contributed by atoms with Crippen molar-refractivity contribution in [2.24, 2.45) is 0 Å². The van der Waals surface area contributed by atoms with Gasteiger partial charge in [0.05, 0.1) is 33.0 Å². The van der Waals surface area contributed by atoms with Gasteiger partial charge in [0.25, 0.3) is 0 Å². The number of hydrogen-bond donors (Lipinski definition) is 0. The van der Waals surface area contributed by atoms with E-state index >= 15 is 0 Å². The molecular formula is C51H29N5O. The second kappa shape index (κ2) is 11.4. The van der Waals surface area contributed by atoms with Crippen LogP contribution in [0.3, 0.4) is 0 Å². The van der Waals surface area contributed by atoms with E-state index in [0.717, 1.165) is 50.1 Å². The Hall–Kier alpha value is -7.83. The molecule has 0 aliphatic rings. The van der Waals surface area contributed by atoms with Crippen LogP contribution in [0.4, 0.5) is 0 Å². The minimum atomic E-state index is 0.624. The van der Waals surface area contributed by atoms with Crippen LogP contribution in [0.5, 0.6) is 0 Å². The maximum absolute atomic E-state index is 6.58. The average molecular weight is 728 g/mol. The van der Waals surface area contributed by atoms with Crippen LogP contribution in [-0.2, 0) is 0 Å². The van der Waals surface area contributed by atoms with E-state index < -0.39 is 0 Å². The number of aromatic nitrogens is 5. The normalized spacial score (nSPS) is 12.2. The molecule has 0 radical (unpaired) electrons. The van der Waals surface area contributed by atoms with Gasteiger partial charge < -0.3 is 13.4 Å². The van der Waals surface area contributed by atoms with Gasteiger partial charge in [-0.05, 0) is 77.9 Å². The lowest BCUT2D eigenvalue weighted by atomic mass is 10.0. The molecule has 0 saturated heterocycles. The first kappa shape index (κ1) is 30.5. The summed E-state index contributed by atoms with van der Waals surface area (Å²) < 4.78 is 11.4. The van der Waals surface area contributed by atoms with E-state index in [0.29, 0.717) is 17.5 Å². The molecule has 0 amide bonds. The van der Waals surface area contributed by atoms with Crippen LogP contribution in [0.15, 0.2) is 180 Å². The molecule has 0 aliphatic heterocycles. The van der Waals surface area contributed by atoms with E-state index in [2.05, 4.69) is 148 Å². The van der Waals surface area contributed by atoms with Crippen molar-refractivity contribution < 1.29 is 4.42 Å². The predicted octanol–water partition coefficient (Wildman–Crippen LogP) is 13.0. The minimum absolute atomic E-state index is 0.624. The van der Waals surface area contributed by atoms with Crippen molar-refractivity contribution in [3.63, 3.8) is 0 Å². The van der Waals surface area contributed by atoms with Crippen molar-refractivity contribution in [1.82, 2.24) is 23.9 Å². The first-order valence-electron chi connectivity index (χ1n) is 19.2. The summed E-state index contributed by atoms with van der Waals surface area (Å²) >= 11 is 0. The molecule has 0 fully saturated rings. The van der Waals surface area contributed by atoms with Crippen LogP contribution in [0, 0.1) is 0 Å². The molecule has 0 unspecified atom stereocenters. The molecule has 0 aliphatic carbocycles. The third kappa shape index (κ3) is 4.26. The van der Waals surface area contributed by atoms with Crippen molar-refractivity contribution in [2.75, 3.05) is 0 Å². The third-order valence-corrected chi connectivity index (χ3v) is 11.7. The van der Waals surface area contributed by atoms with E-state index in [9.17, 15) is 0 Å². The summed E-state index contributed by atoms with van der Waals surface area (Å²) in [5, 5.41) is 7.26. The Balaban J connectivity index is 0.998. The fourth-order valence-electron chi connectivity index (χ4n) is 9.20. The molecule has 5 aromatic heterocycles. The smallest absolute Gasteiger partial charge is 0.164 e. The standard InChI is InChI=1S/C51H29N5O/c1-3-10-30(11-4-1)31-18-20-33(21-19-31)50-52-49(32-12-5-2-6-13-32)53-51(54-50)34-22-24-35(25-23-34)55-39-16-9-17-40-44(39)45-41(55)27-29-42-46(45)47-43(57-42)28-26-37-36-14-7-8-15-38(36)56(40)48(37)47/h1-29H. The van der Waals surface area contributed by atoms with Gasteiger partial charge in [0, 0.05) is 49.3 Å². The van der Waals surface area contributed by atoms with Crippen LogP contribution in [0.1, 0.15) is 0 Å². The van der Waals surface area contributed by atoms with Crippen LogP contribution in [0.2, 0.25) is 0 Å². The maximum atomic E-state index is 6.58. The maximum Gasteiger partial charge on any atom is 0.164 e. The zero-order valence-corrected chi connectivity index (χ0v) is 30.4. The molecule has 6 heteroatoms. The number of furan rings is 1. The van der Waals surface area contributed by atoms with Crippen molar-refractivity contribution in [1.29, 1.82) is 0 Å². The largest absolute Gasteiger partial charge is 0.456 e. The van der Waals surface area contributed by atoms with E-state index in [1.165, 1.54) is 54.4 Å². The van der Waals surface area contributed by atoms with Crippen molar-refractivity contribution in [2.45, 2.75) is 0 Å². The summed E-state index contributed by atoms with van der Waals surface area (Å²) in [4.78, 5) is 15.1. The number of rotatable bonds is 5. The Morgan fingerprint density at radius 1 is 0.333 bits per heavy atom. The number of nitrogens with zero attached hydrogens (tertiary/aromatic N) is 5. The highest BCUT2D eigenvalue weighted by Gasteiger charge is 2.26. The number of para-hydroxylation sites is 1. The van der Waals surface area contributed by atoms with Gasteiger partial charge in [-0.25, -0.2) is 15.0 Å². The Bertz CT molecular complexity index is 3650. The Morgan fingerprint density at radius 3 is 1.60 bits per heavy atom. The molecule has 0 saturated carbocycles. The first-order chi connectivity index (χ1) is 28.3. The predicted molar refractivity (Wildman–Crippen MR) is 232 cm³/mol. The summed E-state index contributed by atoms with van der Waals surface area (Å²) in [7, 11) is 0. The summed E-state index contributed by atoms with van der Waals surface area (Å²) in [6.07, 6.45) is 0. The molecule has 5 heterocycles. The summed E-state index contributed by atoms with van der Waals surface area (Å²) in [6.45, 7) is 0. The summed E-state index contributed by atoms with van der Waals surface area (Å²) in [5.41, 5.74) is 13.8. The molecule has 8 aromatic carbocycles. The van der Waals surface area contributed by atoms with Gasteiger partial charge in [0.1, 0.15) is 11.2 Å². The van der Waals surface area contributed by atoms with Gasteiger partial charge in [-0.3, -0.25) is 0 Å². The van der Waals surface area contributed by atoms with Gasteiger partial charge in [0.2, 0.25) is 0 Å². The zero-order valence-electron chi connectivity index (χ0n) is 30.4. The molecule has 0 N–H and O–H groups in total. The van der Waals surface area contributed by atoms with Gasteiger partial charge in [-0.1, -0.05) is 109 Å². The van der Waals surface area contributed by atoms with E-state index in [-0.39, 0.29) is 0 Å². The zero-order chi connectivity index (χ0) is 37.2. The average Bonchev–Trinajstić information content (AvgIpc) is 3.91. The molecule has 264 valence electrons. The van der Waals surface area contributed by atoms with Gasteiger partial charge in [-0.15, -0.1) is 0 Å². The number of hydrogen-bond acceptors (Lipinski definition) is 4. The highest BCUT2D eigenvalue weighted by Crippen LogP contribution is 2.48. The lowest BCUT2D eigenvalue weighted by Gasteiger charge is -2.11. The van der Waals surface area contributed by atoms with Crippen LogP contribution < -0.4 is 0 Å². The molecule has 57 heavy (non-hydrogen) atoms. The second-order valence-corrected chi connectivity index (χ2v) is 14.8. The van der Waals surface area contributed by atoms with Crippen LogP contribution >= 0.6 is 0 Å². The number of fused-ring (bicyclic) bond motifs is 4. The van der Waals surface area contributed by atoms with Gasteiger partial charge >= 0.3 is 0 Å². The van der Waals surface area contributed by atoms with E-state index in [1.54, 1.807) is 0 Å². The molecule has 0 spiro atoms. The van der Waals surface area contributed by atoms with Crippen LogP contribution in [0.25, 0.3) is 122 Å². The fourth-order valence-corrected chi connectivity index (χ4v) is 9.20. The third-order valence-electron chi connectivity index (χ3n) is 11.7. The molecule has 6 nitrogen and oxygen atoms in total. The van der Waals surface area contributed by atoms with Crippen molar-refractivity contribution >= 4 is 71.1 Å². The Morgan fingerprint density at radius 2 is 0.860 bits per heavy atom. The van der Waals surface area contributed by atoms with Gasteiger partial charge in [0.15, 0.2) is 17.5 Å². The molecule has 0 atom stereocenters. The molecule has 0 bridgehead atoms. The van der Waals surface area contributed by atoms with Gasteiger partial charge in [-0.2, -0.15) is 0 Å². The molecule has 13 aromatic rings. The van der Waals surface area contributed by atoms with Crippen molar-refractivity contribution in [3.05, 3.63) is 176 Å². The summed E-state index contributed by atoms with van der Waals surface area (Å²) in [5.74, 6) is 1.90. The second-order valence-electron chi connectivity index (χ2n) is 14.8. The monoisotopic (exact) mass is 727 g/mol. The van der Waals surface area contributed by atoms with E-state index in [1.807, 2.05) is 36.4 Å². The number of benzene rings is 8. The SMILES string of the molecule is c1ccc(-c2ccc(-c3nc(-c4ccccc4)nc(-c4ccc(-n5c6ccc7oc8ccc9c%10ccccc%10n%10c%11cccc5c%11c6c7c8c9%10)cc4)n3)cc2)cc1. The highest BCUT2D eigenvalue weighted by molar-refractivity contribution is 6.37. The fraction of sp³-hybridized carbons (Fsp3) is 0. The minimum Gasteiger partial charge on any atom is -0.456 e. The lowest BCUT2D eigenvalue weighted by molar-refractivity contribution is 0.669. The first-order valence-corrected chi connectivity index (χ1v) is 19.2. The summed E-state index contributed by atoms with van der Waals surface area (Å²) in [6, 6.07) is 61.7. The quantitative estimate of drug-likeness (QED) is 0.177. The van der Waals surface area contributed by atoms with Crippen LogP contribution in [-0.4, -0.2) is 23.9 Å². The Labute approximate surface area is 325 Å². The van der Waals surface area contributed by atoms with Crippen molar-refractivity contribution in [3.8, 4) is 51.0 Å². The molecule has 13 rings (SSSR count).